The van der Waals surface area contributed by atoms with Crippen LogP contribution in [0.5, 0.6) is 0 Å². The molecule has 2 aliphatic rings. The molecular formula is C24H48Si6. The molecule has 0 atom stereocenters. The molecule has 0 N–H and O–H groups in total. The van der Waals surface area contributed by atoms with E-state index in [1.165, 1.54) is 36.3 Å². The monoisotopic (exact) mass is 504 g/mol. The maximum absolute atomic E-state index is 4.03. The summed E-state index contributed by atoms with van der Waals surface area (Å²) in [7, 11) is -8.74. The predicted molar refractivity (Wildman–Crippen MR) is 156 cm³/mol. The molecule has 0 saturated carbocycles. The van der Waals surface area contributed by atoms with Crippen molar-refractivity contribution in [2.45, 2.75) is 115 Å². The summed E-state index contributed by atoms with van der Waals surface area (Å²) in [6, 6.07) is 8.50. The fraction of sp³-hybridized carbons (Fsp3) is 0.750. The Kier molecular flexibility index (Phi) is 7.48. The van der Waals surface area contributed by atoms with Crippen molar-refractivity contribution in [1.29, 1.82) is 0 Å². The molecule has 0 aromatic carbocycles. The standard InChI is InChI=1S/C24H48Si6/c1-25(2)15-16-26(3,4)18-20-28(7,8)24-14-13-23(27(5,6)19-17-25)29(9,10)21-22-30(24,11)12/h17-22H2,1-12H3. The Morgan fingerprint density at radius 1 is 0.400 bits per heavy atom. The topological polar surface area (TPSA) is 0 Å². The average Bonchev–Trinajstić information content (AvgIpc) is 2.57. The Bertz CT molecular complexity index is 780. The molecule has 2 rings (SSSR count). The second-order valence-electron chi connectivity index (χ2n) is 14.1. The molecule has 2 heterocycles. The summed E-state index contributed by atoms with van der Waals surface area (Å²) in [5, 5.41) is 0. The minimum absolute atomic E-state index is 1.37. The van der Waals surface area contributed by atoms with Crippen molar-refractivity contribution < 1.29 is 0 Å². The van der Waals surface area contributed by atoms with Gasteiger partial charge in [0, 0.05) is 0 Å². The van der Waals surface area contributed by atoms with Crippen LogP contribution in [0.3, 0.4) is 0 Å². The molecule has 2 aliphatic heterocycles. The van der Waals surface area contributed by atoms with Gasteiger partial charge < -0.3 is 0 Å². The van der Waals surface area contributed by atoms with Crippen molar-refractivity contribution in [3.63, 3.8) is 0 Å². The Hall–Kier alpha value is 0.161. The van der Waals surface area contributed by atoms with E-state index in [-0.39, 0.29) is 0 Å². The average molecular weight is 505 g/mol. The van der Waals surface area contributed by atoms with Gasteiger partial charge in [-0.15, -0.1) is 11.1 Å². The van der Waals surface area contributed by atoms with Crippen LogP contribution >= 0.6 is 0 Å². The minimum atomic E-state index is -1.49. The molecule has 30 heavy (non-hydrogen) atoms. The van der Waals surface area contributed by atoms with Gasteiger partial charge in [-0.2, -0.15) is 0 Å². The van der Waals surface area contributed by atoms with E-state index in [1.807, 2.05) is 0 Å². The zero-order valence-electron chi connectivity index (χ0n) is 22.2. The fourth-order valence-electron chi connectivity index (χ4n) is 5.47. The highest BCUT2D eigenvalue weighted by molar-refractivity contribution is 7.09. The minimum Gasteiger partial charge on any atom is -0.139 e. The van der Waals surface area contributed by atoms with Crippen molar-refractivity contribution >= 4 is 48.4 Å². The van der Waals surface area contributed by atoms with Crippen molar-refractivity contribution in [1.82, 2.24) is 0 Å². The van der Waals surface area contributed by atoms with E-state index in [0.29, 0.717) is 0 Å². The number of rotatable bonds is 0. The van der Waals surface area contributed by atoms with Gasteiger partial charge in [0.05, 0.1) is 32.3 Å². The highest BCUT2D eigenvalue weighted by Gasteiger charge is 2.44. The van der Waals surface area contributed by atoms with Crippen LogP contribution in [0.1, 0.15) is 0 Å². The van der Waals surface area contributed by atoms with Crippen molar-refractivity contribution in [2.75, 3.05) is 0 Å². The van der Waals surface area contributed by atoms with Crippen molar-refractivity contribution in [3.05, 3.63) is 21.1 Å². The fourth-order valence-corrected chi connectivity index (χ4v) is 42.2. The summed E-state index contributed by atoms with van der Waals surface area (Å²) in [4.78, 5) is 3.60. The van der Waals surface area contributed by atoms with E-state index in [1.54, 1.807) is 9.64 Å². The molecule has 2 bridgehead atoms. The Morgan fingerprint density at radius 3 is 0.900 bits per heavy atom. The molecular weight excluding hydrogens is 457 g/mol. The summed E-state index contributed by atoms with van der Waals surface area (Å²) < 4.78 is 0. The molecule has 0 radical (unpaired) electrons. The van der Waals surface area contributed by atoms with Gasteiger partial charge in [-0.1, -0.05) is 114 Å². The summed E-state index contributed by atoms with van der Waals surface area (Å²) in [5.41, 5.74) is 15.9. The first-order chi connectivity index (χ1) is 13.3. The molecule has 0 amide bonds. The van der Waals surface area contributed by atoms with E-state index >= 15 is 0 Å². The van der Waals surface area contributed by atoms with Gasteiger partial charge in [-0.05, 0) is 21.7 Å². The lowest BCUT2D eigenvalue weighted by atomic mass is 10.8. The molecule has 0 fully saturated rings. The Labute approximate surface area is 194 Å². The highest BCUT2D eigenvalue weighted by atomic mass is 28.4. The molecule has 6 heteroatoms. The summed E-state index contributed by atoms with van der Waals surface area (Å²) >= 11 is 0. The van der Waals surface area contributed by atoms with E-state index in [9.17, 15) is 0 Å². The van der Waals surface area contributed by atoms with Crippen molar-refractivity contribution in [3.8, 4) is 11.1 Å². The number of hydrogen-bond donors (Lipinski definition) is 0. The predicted octanol–water partition coefficient (Wildman–Crippen LogP) is 8.11. The maximum Gasteiger partial charge on any atom is 0.131 e. The SMILES string of the molecule is C[Si]1(C)C#C[Si](C)(C)CC[Si](C)(C)C2=C=C=C([Si](C)(C)CC1)[Si](C)(C)CC[Si]2(C)C. The lowest BCUT2D eigenvalue weighted by Gasteiger charge is -2.41. The van der Waals surface area contributed by atoms with Crippen LogP contribution in [0, 0.1) is 11.1 Å². The maximum atomic E-state index is 4.03. The molecule has 0 unspecified atom stereocenters. The van der Waals surface area contributed by atoms with Crippen LogP contribution in [0.15, 0.2) is 21.1 Å². The first-order valence-electron chi connectivity index (χ1n) is 12.1. The third-order valence-corrected chi connectivity index (χ3v) is 34.3. The first-order valence-corrected chi connectivity index (χ1v) is 31.4. The Balaban J connectivity index is 2.81. The molecule has 0 saturated heterocycles. The quantitative estimate of drug-likeness (QED) is 0.177. The van der Waals surface area contributed by atoms with Crippen LogP contribution in [-0.2, 0) is 0 Å². The lowest BCUT2D eigenvalue weighted by Crippen LogP contribution is -2.49. The second kappa shape index (κ2) is 8.50. The van der Waals surface area contributed by atoms with E-state index in [4.69, 9.17) is 0 Å². The largest absolute Gasteiger partial charge is 0.139 e. The Morgan fingerprint density at radius 2 is 0.633 bits per heavy atom. The third kappa shape index (κ3) is 6.36. The van der Waals surface area contributed by atoms with Crippen LogP contribution in [0.4, 0.5) is 0 Å². The number of hydrogen-bond acceptors (Lipinski definition) is 0. The van der Waals surface area contributed by atoms with E-state index in [2.05, 4.69) is 101 Å². The lowest BCUT2D eigenvalue weighted by molar-refractivity contribution is 1.24. The van der Waals surface area contributed by atoms with Gasteiger partial charge in [0.2, 0.25) is 0 Å². The van der Waals surface area contributed by atoms with Crippen LogP contribution in [0.25, 0.3) is 0 Å². The van der Waals surface area contributed by atoms with Gasteiger partial charge in [-0.25, -0.2) is 0 Å². The molecule has 0 spiro atoms. The first kappa shape index (κ1) is 26.4. The van der Waals surface area contributed by atoms with Crippen LogP contribution in [0.2, 0.25) is 115 Å². The highest BCUT2D eigenvalue weighted by Crippen LogP contribution is 2.40. The van der Waals surface area contributed by atoms with Gasteiger partial charge in [-0.3, -0.25) is 0 Å². The molecule has 0 aliphatic carbocycles. The van der Waals surface area contributed by atoms with Gasteiger partial charge in [0.1, 0.15) is 16.1 Å². The summed E-state index contributed by atoms with van der Waals surface area (Å²) in [6.45, 7) is 31.2. The smallest absolute Gasteiger partial charge is 0.131 e. The van der Waals surface area contributed by atoms with Gasteiger partial charge in [0.25, 0.3) is 0 Å². The van der Waals surface area contributed by atoms with Crippen LogP contribution in [-0.4, -0.2) is 48.4 Å². The van der Waals surface area contributed by atoms with Gasteiger partial charge in [0.15, 0.2) is 0 Å². The molecule has 0 aromatic heterocycles. The zero-order valence-corrected chi connectivity index (χ0v) is 28.2. The van der Waals surface area contributed by atoms with Crippen LogP contribution < -0.4 is 0 Å². The van der Waals surface area contributed by atoms with Crippen molar-refractivity contribution in [2.24, 2.45) is 0 Å². The van der Waals surface area contributed by atoms with Gasteiger partial charge >= 0.3 is 0 Å². The molecule has 0 nitrogen and oxygen atoms in total. The third-order valence-electron chi connectivity index (χ3n) is 7.88. The summed E-state index contributed by atoms with van der Waals surface area (Å²) in [6.07, 6.45) is 0. The second-order valence-corrected chi connectivity index (χ2v) is 43.2. The molecule has 0 aromatic rings. The van der Waals surface area contributed by atoms with E-state index < -0.39 is 48.4 Å². The van der Waals surface area contributed by atoms with E-state index in [0.717, 1.165) is 0 Å². The normalized spacial score (nSPS) is 28.7. The summed E-state index contributed by atoms with van der Waals surface area (Å²) in [5.74, 6) is 0. The zero-order chi connectivity index (χ0) is 23.2. The molecule has 168 valence electrons.